The summed E-state index contributed by atoms with van der Waals surface area (Å²) < 4.78 is 5.16. The van der Waals surface area contributed by atoms with E-state index in [1.807, 2.05) is 13.0 Å². The van der Waals surface area contributed by atoms with Gasteiger partial charge >= 0.3 is 11.8 Å². The molecule has 0 heterocycles. The van der Waals surface area contributed by atoms with Crippen molar-refractivity contribution in [2.45, 2.75) is 13.8 Å². The average Bonchev–Trinajstić information content (AvgIpc) is 2.50. The summed E-state index contributed by atoms with van der Waals surface area (Å²) in [5, 5.41) is 14.4. The summed E-state index contributed by atoms with van der Waals surface area (Å²) in [4.78, 5) is 24.1. The van der Waals surface area contributed by atoms with Crippen LogP contribution < -0.4 is 15.4 Å². The van der Waals surface area contributed by atoms with Gasteiger partial charge in [-0.15, -0.1) is 0 Å². The lowest BCUT2D eigenvalue weighted by Gasteiger charge is -2.12. The highest BCUT2D eigenvalue weighted by molar-refractivity contribution is 6.43. The summed E-state index contributed by atoms with van der Waals surface area (Å²) in [5.41, 5.74) is 2.46. The molecule has 2 aromatic rings. The number of hydrogen-bond donors (Lipinski definition) is 3. The van der Waals surface area contributed by atoms with Gasteiger partial charge in [0.25, 0.3) is 0 Å². The first-order valence-electron chi connectivity index (χ1n) is 6.97. The number of phenolic OH excluding ortho intramolecular Hbond substituents is 1. The Morgan fingerprint density at radius 3 is 2.22 bits per heavy atom. The number of aromatic hydroxyl groups is 1. The van der Waals surface area contributed by atoms with Gasteiger partial charge in [-0.3, -0.25) is 9.59 Å². The van der Waals surface area contributed by atoms with Gasteiger partial charge in [-0.2, -0.15) is 0 Å². The van der Waals surface area contributed by atoms with Crippen LogP contribution in [0.25, 0.3) is 0 Å². The number of hydrogen-bond acceptors (Lipinski definition) is 4. The monoisotopic (exact) mass is 314 g/mol. The van der Waals surface area contributed by atoms with Gasteiger partial charge in [-0.1, -0.05) is 6.07 Å². The van der Waals surface area contributed by atoms with Gasteiger partial charge in [0, 0.05) is 5.69 Å². The van der Waals surface area contributed by atoms with Gasteiger partial charge in [0.15, 0.2) is 0 Å². The number of methoxy groups -OCH3 is 1. The number of carbonyl (C=O) groups excluding carboxylic acids is 2. The molecule has 0 aliphatic carbocycles. The van der Waals surface area contributed by atoms with Crippen molar-refractivity contribution in [2.75, 3.05) is 17.7 Å². The van der Waals surface area contributed by atoms with E-state index in [9.17, 15) is 14.7 Å². The molecule has 23 heavy (non-hydrogen) atoms. The predicted molar refractivity (Wildman–Crippen MR) is 87.8 cm³/mol. The second-order valence-electron chi connectivity index (χ2n) is 5.11. The third-order valence-corrected chi connectivity index (χ3v) is 3.27. The van der Waals surface area contributed by atoms with E-state index in [2.05, 4.69) is 10.6 Å². The molecule has 0 bridgehead atoms. The second kappa shape index (κ2) is 6.83. The number of anilines is 2. The van der Waals surface area contributed by atoms with Crippen LogP contribution in [-0.2, 0) is 9.59 Å². The summed E-state index contributed by atoms with van der Waals surface area (Å²) in [6.45, 7) is 3.59. The molecule has 0 fully saturated rings. The van der Waals surface area contributed by atoms with E-state index in [-0.39, 0.29) is 5.75 Å². The van der Waals surface area contributed by atoms with E-state index in [1.165, 1.54) is 25.3 Å². The lowest BCUT2D eigenvalue weighted by Crippen LogP contribution is -2.29. The van der Waals surface area contributed by atoms with Crippen molar-refractivity contribution in [3.63, 3.8) is 0 Å². The quantitative estimate of drug-likeness (QED) is 0.600. The van der Waals surface area contributed by atoms with E-state index in [4.69, 9.17) is 4.74 Å². The number of ether oxygens (including phenoxy) is 1. The topological polar surface area (TPSA) is 87.7 Å². The number of carbonyl (C=O) groups is 2. The molecular weight excluding hydrogens is 296 g/mol. The third kappa shape index (κ3) is 4.00. The SMILES string of the molecule is COc1ccc(C)cc1NC(=O)C(=O)Nc1ccc(O)cc1C. The molecule has 3 N–H and O–H groups in total. The van der Waals surface area contributed by atoms with Crippen molar-refractivity contribution in [3.05, 3.63) is 47.5 Å². The number of aryl methyl sites for hydroxylation is 2. The van der Waals surface area contributed by atoms with Gasteiger partial charge in [-0.05, 0) is 55.3 Å². The van der Waals surface area contributed by atoms with Gasteiger partial charge < -0.3 is 20.5 Å². The highest BCUT2D eigenvalue weighted by Crippen LogP contribution is 2.25. The molecule has 2 amide bonds. The summed E-state index contributed by atoms with van der Waals surface area (Å²) in [7, 11) is 1.49. The standard InChI is InChI=1S/C17H18N2O4/c1-10-4-7-15(23-3)14(8-10)19-17(22)16(21)18-13-6-5-12(20)9-11(13)2/h4-9,20H,1-3H3,(H,18,21)(H,19,22). The van der Waals surface area contributed by atoms with Crippen LogP contribution in [0, 0.1) is 13.8 Å². The van der Waals surface area contributed by atoms with Gasteiger partial charge in [0.1, 0.15) is 11.5 Å². The highest BCUT2D eigenvalue weighted by atomic mass is 16.5. The predicted octanol–water partition coefficient (Wildman–Crippen LogP) is 2.59. The Morgan fingerprint density at radius 2 is 1.61 bits per heavy atom. The Bertz CT molecular complexity index is 756. The molecule has 0 aliphatic heterocycles. The van der Waals surface area contributed by atoms with Crippen LogP contribution in [0.2, 0.25) is 0 Å². The molecule has 0 spiro atoms. The van der Waals surface area contributed by atoms with Crippen molar-refractivity contribution >= 4 is 23.2 Å². The molecule has 0 saturated heterocycles. The Morgan fingerprint density at radius 1 is 0.957 bits per heavy atom. The van der Waals surface area contributed by atoms with E-state index in [0.717, 1.165) is 5.56 Å². The minimum Gasteiger partial charge on any atom is -0.508 e. The molecule has 2 rings (SSSR count). The van der Waals surface area contributed by atoms with Crippen molar-refractivity contribution in [1.82, 2.24) is 0 Å². The molecule has 0 saturated carbocycles. The van der Waals surface area contributed by atoms with Gasteiger partial charge in [-0.25, -0.2) is 0 Å². The second-order valence-corrected chi connectivity index (χ2v) is 5.11. The summed E-state index contributed by atoms with van der Waals surface area (Å²) in [5.74, 6) is -1.05. The zero-order valence-corrected chi connectivity index (χ0v) is 13.1. The normalized spacial score (nSPS) is 10.0. The fraction of sp³-hybridized carbons (Fsp3) is 0.176. The Balaban J connectivity index is 2.11. The fourth-order valence-corrected chi connectivity index (χ4v) is 2.07. The number of phenols is 1. The van der Waals surface area contributed by atoms with Gasteiger partial charge in [0.2, 0.25) is 0 Å². The molecule has 0 aromatic heterocycles. The first-order chi connectivity index (χ1) is 10.9. The van der Waals surface area contributed by atoms with E-state index < -0.39 is 11.8 Å². The molecule has 2 aromatic carbocycles. The number of amides is 2. The van der Waals surface area contributed by atoms with Crippen molar-refractivity contribution in [2.24, 2.45) is 0 Å². The van der Waals surface area contributed by atoms with Crippen LogP contribution in [0.15, 0.2) is 36.4 Å². The molecule has 6 heteroatoms. The van der Waals surface area contributed by atoms with E-state index >= 15 is 0 Å². The van der Waals surface area contributed by atoms with E-state index in [1.54, 1.807) is 19.1 Å². The zero-order valence-electron chi connectivity index (χ0n) is 13.1. The number of nitrogens with one attached hydrogen (secondary N) is 2. The molecule has 0 radical (unpaired) electrons. The first-order valence-corrected chi connectivity index (χ1v) is 6.97. The van der Waals surface area contributed by atoms with Crippen LogP contribution in [0.4, 0.5) is 11.4 Å². The largest absolute Gasteiger partial charge is 0.508 e. The fourth-order valence-electron chi connectivity index (χ4n) is 2.07. The minimum atomic E-state index is -0.804. The van der Waals surface area contributed by atoms with Crippen LogP contribution in [0.1, 0.15) is 11.1 Å². The summed E-state index contributed by atoms with van der Waals surface area (Å²) in [6.07, 6.45) is 0. The molecule has 0 atom stereocenters. The maximum absolute atomic E-state index is 12.0. The lowest BCUT2D eigenvalue weighted by atomic mass is 10.2. The van der Waals surface area contributed by atoms with Crippen LogP contribution in [-0.4, -0.2) is 24.0 Å². The number of benzene rings is 2. The van der Waals surface area contributed by atoms with Crippen molar-refractivity contribution in [3.8, 4) is 11.5 Å². The van der Waals surface area contributed by atoms with Crippen LogP contribution in [0.3, 0.4) is 0 Å². The zero-order chi connectivity index (χ0) is 17.0. The maximum atomic E-state index is 12.0. The van der Waals surface area contributed by atoms with E-state index in [0.29, 0.717) is 22.7 Å². The Labute approximate surface area is 134 Å². The Kier molecular flexibility index (Phi) is 4.85. The van der Waals surface area contributed by atoms with Crippen molar-refractivity contribution in [1.29, 1.82) is 0 Å². The molecule has 0 unspecified atom stereocenters. The summed E-state index contributed by atoms with van der Waals surface area (Å²) >= 11 is 0. The number of rotatable bonds is 3. The highest BCUT2D eigenvalue weighted by Gasteiger charge is 2.17. The van der Waals surface area contributed by atoms with Crippen LogP contribution >= 0.6 is 0 Å². The molecule has 0 aliphatic rings. The maximum Gasteiger partial charge on any atom is 0.314 e. The Hall–Kier alpha value is -3.02. The van der Waals surface area contributed by atoms with Crippen LogP contribution in [0.5, 0.6) is 11.5 Å². The minimum absolute atomic E-state index is 0.0921. The molecule has 6 nitrogen and oxygen atoms in total. The lowest BCUT2D eigenvalue weighted by molar-refractivity contribution is -0.133. The first kappa shape index (κ1) is 16.4. The third-order valence-electron chi connectivity index (χ3n) is 3.27. The smallest absolute Gasteiger partial charge is 0.314 e. The van der Waals surface area contributed by atoms with Crippen molar-refractivity contribution < 1.29 is 19.4 Å². The molecular formula is C17H18N2O4. The average molecular weight is 314 g/mol. The van der Waals surface area contributed by atoms with Gasteiger partial charge in [0.05, 0.1) is 12.8 Å². The summed E-state index contributed by atoms with van der Waals surface area (Å²) in [6, 6.07) is 9.74. The molecule has 120 valence electrons.